The molecule has 2 amide bonds. The molecular formula is C68H70BBr2ClN3O12S2. The second kappa shape index (κ2) is 31.8. The van der Waals surface area contributed by atoms with E-state index in [1.165, 1.54) is 48.7 Å². The van der Waals surface area contributed by atoms with Gasteiger partial charge in [-0.2, -0.15) is 0 Å². The van der Waals surface area contributed by atoms with E-state index in [0.717, 1.165) is 110 Å². The summed E-state index contributed by atoms with van der Waals surface area (Å²) in [7, 11) is -5.90. The standard InChI is InChI=1S/C25H25NO4S.C18H18BrNO2.C16H16BrNO.C7H8BO4S.C2H3ClO/c1-17-9-14-23-24(26(17)18(2)27)16-15-22(25(23)30-20-7-5-4-6-8-20)19-10-12-21(13-11-19)31(3,28)29;1-12-8-9-15-17(20(12)13(2)21)11-10-16(19)18(15)22-14-6-4-3-5-7-14;1-11-7-8-13-15(18-11)10-9-14(17)16(13)19-12-5-3-2-4-6-12;1-13(10,11)7-4-2-6(3-5-7)12-8-9;1-2(3)4/h4-8,10-13,15-17H,9,14H2,1-3H3;3-7,10-12H,8-9H2,1-2H3;2-6,9-11,18H,7-8H2,1H3;2-5,9H,1H3;1H3. The number of hydrogen-bond donors (Lipinski definition) is 2. The SMILES string of the molecule is CC(=O)Cl.CC(=O)N1c2ccc(-c3ccc(S(C)(=O)=O)cc3)c(Oc3ccccc3)c2CCC1C.CC(=O)N1c2ccc(Br)c(Oc3ccccc3)c2CCC1C.CC1CCc2c(ccc(Br)c2Oc2ccccc2)N1.CS(=O)(=O)c1ccc(O[B]O)cc1. The summed E-state index contributed by atoms with van der Waals surface area (Å²) in [5, 5.41) is 11.4. The van der Waals surface area contributed by atoms with Gasteiger partial charge in [0.1, 0.15) is 40.2 Å². The molecule has 0 saturated heterocycles. The molecule has 3 aliphatic heterocycles. The van der Waals surface area contributed by atoms with Crippen LogP contribution in [0.3, 0.4) is 0 Å². The van der Waals surface area contributed by atoms with Crippen LogP contribution in [0.5, 0.6) is 40.2 Å². The van der Waals surface area contributed by atoms with Crippen molar-refractivity contribution in [1.29, 1.82) is 0 Å². The number of nitrogens with zero attached hydrogens (tertiary/aromatic N) is 2. The van der Waals surface area contributed by atoms with Gasteiger partial charge < -0.3 is 39.0 Å². The maximum atomic E-state index is 12.4. The van der Waals surface area contributed by atoms with Crippen LogP contribution < -0.4 is 34.0 Å². The lowest BCUT2D eigenvalue weighted by atomic mass is 9.91. The molecule has 2 N–H and O–H groups in total. The first-order valence-electron chi connectivity index (χ1n) is 28.6. The van der Waals surface area contributed by atoms with Gasteiger partial charge in [-0.05, 0) is 218 Å². The van der Waals surface area contributed by atoms with E-state index in [1.807, 2.05) is 131 Å². The highest BCUT2D eigenvalue weighted by atomic mass is 79.9. The molecule has 1 radical (unpaired) electrons. The van der Waals surface area contributed by atoms with Crippen molar-refractivity contribution >= 4 is 105 Å². The third kappa shape index (κ3) is 19.0. The van der Waals surface area contributed by atoms with Crippen molar-refractivity contribution in [1.82, 2.24) is 0 Å². The summed E-state index contributed by atoms with van der Waals surface area (Å²) in [6, 6.07) is 54.6. The molecule has 8 aromatic rings. The van der Waals surface area contributed by atoms with Crippen LogP contribution in [0.2, 0.25) is 0 Å². The lowest BCUT2D eigenvalue weighted by Crippen LogP contribution is -2.40. The minimum atomic E-state index is -3.27. The van der Waals surface area contributed by atoms with E-state index in [-0.39, 0.29) is 38.9 Å². The number of benzene rings is 8. The summed E-state index contributed by atoms with van der Waals surface area (Å²) in [4.78, 5) is 37.8. The Labute approximate surface area is 544 Å². The number of sulfone groups is 2. The smallest absolute Gasteiger partial charge is 0.537 e. The number of halogens is 3. The number of carbonyl (C=O) groups is 3. The van der Waals surface area contributed by atoms with E-state index < -0.39 is 19.7 Å². The highest BCUT2D eigenvalue weighted by Gasteiger charge is 2.32. The Morgan fingerprint density at radius 3 is 1.33 bits per heavy atom. The number of hydrogen-bond acceptors (Lipinski definition) is 13. The summed E-state index contributed by atoms with van der Waals surface area (Å²) >= 11 is 11.8. The van der Waals surface area contributed by atoms with Crippen LogP contribution in [0.1, 0.15) is 77.5 Å². The number of carbonyl (C=O) groups excluding carboxylic acids is 3. The Morgan fingerprint density at radius 2 is 0.899 bits per heavy atom. The van der Waals surface area contributed by atoms with Gasteiger partial charge in [0.05, 0.1) is 30.1 Å². The quantitative estimate of drug-likeness (QED) is 0.0918. The average Bonchev–Trinajstić information content (AvgIpc) is 0.961. The molecule has 0 fully saturated rings. The van der Waals surface area contributed by atoms with Crippen LogP contribution in [0.25, 0.3) is 11.1 Å². The Hall–Kier alpha value is -7.46. The Bertz CT molecular complexity index is 3960. The van der Waals surface area contributed by atoms with E-state index in [1.54, 1.807) is 38.1 Å². The van der Waals surface area contributed by atoms with Gasteiger partial charge in [0.2, 0.25) is 17.1 Å². The van der Waals surface area contributed by atoms with Gasteiger partial charge in [-0.1, -0.05) is 66.7 Å². The number of anilines is 3. The molecular weight excluding hydrogens is 1320 g/mol. The lowest BCUT2D eigenvalue weighted by Gasteiger charge is -2.36. The molecule has 89 heavy (non-hydrogen) atoms. The number of rotatable bonds is 11. The molecule has 11 rings (SSSR count). The highest BCUT2D eigenvalue weighted by Crippen LogP contribution is 2.46. The largest absolute Gasteiger partial charge is 0.569 e. The second-order valence-electron chi connectivity index (χ2n) is 21.3. The third-order valence-electron chi connectivity index (χ3n) is 14.5. The minimum Gasteiger partial charge on any atom is -0.537 e. The first kappa shape index (κ1) is 69.0. The highest BCUT2D eigenvalue weighted by molar-refractivity contribution is 9.11. The first-order valence-corrected chi connectivity index (χ1v) is 34.3. The maximum absolute atomic E-state index is 12.4. The molecule has 15 nitrogen and oxygen atoms in total. The summed E-state index contributed by atoms with van der Waals surface area (Å²) in [5.41, 5.74) is 8.07. The zero-order valence-corrected chi connectivity index (χ0v) is 56.1. The van der Waals surface area contributed by atoms with Crippen LogP contribution in [-0.4, -0.2) is 77.2 Å². The molecule has 3 heterocycles. The van der Waals surface area contributed by atoms with E-state index in [9.17, 15) is 31.2 Å². The van der Waals surface area contributed by atoms with Crippen LogP contribution in [0, 0.1) is 0 Å². The monoisotopic (exact) mass is 1390 g/mol. The summed E-state index contributed by atoms with van der Waals surface area (Å²) < 4.78 is 70.7. The second-order valence-corrected chi connectivity index (χ2v) is 27.6. The molecule has 3 unspecified atom stereocenters. The van der Waals surface area contributed by atoms with Crippen LogP contribution in [0.15, 0.2) is 195 Å². The number of ether oxygens (including phenoxy) is 3. The molecule has 0 bridgehead atoms. The Morgan fingerprint density at radius 1 is 0.517 bits per heavy atom. The fourth-order valence-corrected chi connectivity index (χ4v) is 12.5. The molecule has 8 aromatic carbocycles. The zero-order chi connectivity index (χ0) is 64.6. The van der Waals surface area contributed by atoms with Crippen LogP contribution in [0.4, 0.5) is 17.1 Å². The molecule has 3 aliphatic rings. The molecule has 465 valence electrons. The van der Waals surface area contributed by atoms with Gasteiger partial charge in [0.15, 0.2) is 19.7 Å². The normalized spacial score (nSPS) is 15.4. The fraction of sp³-hybridized carbons (Fsp3) is 0.250. The van der Waals surface area contributed by atoms with Gasteiger partial charge in [-0.15, -0.1) is 0 Å². The van der Waals surface area contributed by atoms with Crippen molar-refractivity contribution in [2.24, 2.45) is 0 Å². The summed E-state index contributed by atoms with van der Waals surface area (Å²) in [5.74, 6) is 5.28. The van der Waals surface area contributed by atoms with Gasteiger partial charge >= 0.3 is 7.69 Å². The average molecular weight is 1390 g/mol. The molecule has 3 atom stereocenters. The van der Waals surface area contributed by atoms with E-state index >= 15 is 0 Å². The number of nitrogens with one attached hydrogen (secondary N) is 1. The van der Waals surface area contributed by atoms with Gasteiger partial charge in [0, 0.05) is 79.3 Å². The maximum Gasteiger partial charge on any atom is 0.569 e. The summed E-state index contributed by atoms with van der Waals surface area (Å²) in [6.45, 7) is 10.8. The van der Waals surface area contributed by atoms with E-state index in [0.29, 0.717) is 31.0 Å². The van der Waals surface area contributed by atoms with E-state index in [4.69, 9.17) is 19.2 Å². The van der Waals surface area contributed by atoms with Crippen LogP contribution in [-0.2, 0) is 53.3 Å². The number of fused-ring (bicyclic) bond motifs is 3. The number of amides is 2. The van der Waals surface area contributed by atoms with Gasteiger partial charge in [0.25, 0.3) is 0 Å². The van der Waals surface area contributed by atoms with E-state index in [2.05, 4.69) is 80.3 Å². The van der Waals surface area contributed by atoms with Crippen molar-refractivity contribution in [2.45, 2.75) is 108 Å². The molecule has 0 aliphatic carbocycles. The predicted molar refractivity (Wildman–Crippen MR) is 361 cm³/mol. The Kier molecular flexibility index (Phi) is 24.7. The third-order valence-corrected chi connectivity index (χ3v) is 18.0. The van der Waals surface area contributed by atoms with Crippen molar-refractivity contribution in [3.8, 4) is 51.4 Å². The van der Waals surface area contributed by atoms with Crippen molar-refractivity contribution in [2.75, 3.05) is 27.6 Å². The fourth-order valence-electron chi connectivity index (χ4n) is 10.3. The van der Waals surface area contributed by atoms with Crippen molar-refractivity contribution in [3.63, 3.8) is 0 Å². The zero-order valence-electron chi connectivity index (χ0n) is 50.6. The molecule has 0 spiro atoms. The first-order chi connectivity index (χ1) is 42.3. The Balaban J connectivity index is 0.000000172. The van der Waals surface area contributed by atoms with Gasteiger partial charge in [-0.25, -0.2) is 16.8 Å². The van der Waals surface area contributed by atoms with Crippen molar-refractivity contribution < 1.29 is 55.1 Å². The summed E-state index contributed by atoms with van der Waals surface area (Å²) in [6.07, 6.45) is 7.98. The minimum absolute atomic E-state index is 0.00404. The molecule has 0 saturated carbocycles. The van der Waals surface area contributed by atoms with Crippen LogP contribution >= 0.6 is 43.5 Å². The molecule has 21 heteroatoms. The topological polar surface area (TPSA) is 195 Å². The predicted octanol–water partition coefficient (Wildman–Crippen LogP) is 15.9. The van der Waals surface area contributed by atoms with Gasteiger partial charge in [-0.3, -0.25) is 14.4 Å². The number of para-hydroxylation sites is 3. The lowest BCUT2D eigenvalue weighted by molar-refractivity contribution is -0.117. The van der Waals surface area contributed by atoms with Crippen molar-refractivity contribution in [3.05, 3.63) is 202 Å². The molecule has 0 aromatic heterocycles.